The van der Waals surface area contributed by atoms with Gasteiger partial charge in [-0.3, -0.25) is 9.59 Å². The first-order valence-electron chi connectivity index (χ1n) is 14.0. The quantitative estimate of drug-likeness (QED) is 0.0987. The van der Waals surface area contributed by atoms with Gasteiger partial charge in [0.15, 0.2) is 5.78 Å². The fourth-order valence-electron chi connectivity index (χ4n) is 4.91. The third-order valence-corrected chi connectivity index (χ3v) is 6.95. The first-order valence-corrected chi connectivity index (χ1v) is 14.0. The maximum absolute atomic E-state index is 13.4. The highest BCUT2D eigenvalue weighted by Crippen LogP contribution is 2.23. The number of pyridine rings is 1. The van der Waals surface area contributed by atoms with Crippen molar-refractivity contribution < 1.29 is 19.1 Å². The van der Waals surface area contributed by atoms with Crippen molar-refractivity contribution in [2.75, 3.05) is 13.7 Å². The summed E-state index contributed by atoms with van der Waals surface area (Å²) in [4.78, 5) is 24.9. The van der Waals surface area contributed by atoms with Gasteiger partial charge in [-0.05, 0) is 98.0 Å². The molecule has 2 heterocycles. The Hall–Kier alpha value is -3.86. The topological polar surface area (TPSA) is 57.0 Å². The lowest BCUT2D eigenvalue weighted by Crippen LogP contribution is -2.02. The second kappa shape index (κ2) is 13.8. The van der Waals surface area contributed by atoms with Gasteiger partial charge >= 0.3 is 5.97 Å². The molecule has 0 aliphatic rings. The zero-order valence-corrected chi connectivity index (χ0v) is 23.3. The highest BCUT2D eigenvalue weighted by Gasteiger charge is 2.17. The SMILES string of the molecule is COC(=O)CCCc1cc(C(=O)c2ccc(OCCCCc3ccc(CC(C)C)cc3)cc2)c2ccccn12. The third-order valence-electron chi connectivity index (χ3n) is 6.95. The van der Waals surface area contributed by atoms with Crippen LogP contribution < -0.4 is 4.74 Å². The Balaban J connectivity index is 1.29. The van der Waals surface area contributed by atoms with Crippen LogP contribution in [-0.2, 0) is 28.8 Å². The van der Waals surface area contributed by atoms with Gasteiger partial charge in [-0.1, -0.05) is 44.2 Å². The Bertz CT molecular complexity index is 1370. The molecular weight excluding hydrogens is 486 g/mol. The van der Waals surface area contributed by atoms with E-state index >= 15 is 0 Å². The molecule has 0 saturated carbocycles. The van der Waals surface area contributed by atoms with Crippen molar-refractivity contribution in [2.45, 2.75) is 58.8 Å². The van der Waals surface area contributed by atoms with Crippen LogP contribution in [0.3, 0.4) is 0 Å². The van der Waals surface area contributed by atoms with E-state index in [0.29, 0.717) is 42.9 Å². The normalized spacial score (nSPS) is 11.2. The molecule has 4 rings (SSSR count). The fraction of sp³-hybridized carbons (Fsp3) is 0.353. The average Bonchev–Trinajstić information content (AvgIpc) is 3.32. The lowest BCUT2D eigenvalue weighted by atomic mass is 10.0. The van der Waals surface area contributed by atoms with Gasteiger partial charge in [0.1, 0.15) is 5.75 Å². The largest absolute Gasteiger partial charge is 0.494 e. The number of methoxy groups -OCH3 is 1. The predicted molar refractivity (Wildman–Crippen MR) is 156 cm³/mol. The van der Waals surface area contributed by atoms with Gasteiger partial charge in [0.25, 0.3) is 0 Å². The number of ether oxygens (including phenoxy) is 2. The van der Waals surface area contributed by atoms with Crippen molar-refractivity contribution in [2.24, 2.45) is 5.92 Å². The summed E-state index contributed by atoms with van der Waals surface area (Å²) in [6, 6.07) is 24.2. The number of ketones is 1. The molecule has 0 atom stereocenters. The van der Waals surface area contributed by atoms with Crippen molar-refractivity contribution in [1.29, 1.82) is 0 Å². The van der Waals surface area contributed by atoms with E-state index in [1.807, 2.05) is 59.1 Å². The summed E-state index contributed by atoms with van der Waals surface area (Å²) in [5.41, 5.74) is 5.93. The molecular formula is C34H39NO4. The van der Waals surface area contributed by atoms with E-state index < -0.39 is 0 Å². The Morgan fingerprint density at radius 2 is 1.59 bits per heavy atom. The van der Waals surface area contributed by atoms with Crippen LogP contribution in [-0.4, -0.2) is 29.9 Å². The molecule has 204 valence electrons. The molecule has 0 unspecified atom stereocenters. The minimum absolute atomic E-state index is 0.0242. The van der Waals surface area contributed by atoms with Gasteiger partial charge in [0, 0.05) is 29.4 Å². The monoisotopic (exact) mass is 525 g/mol. The number of carbonyl (C=O) groups is 2. The molecule has 4 aromatic rings. The predicted octanol–water partition coefficient (Wildman–Crippen LogP) is 7.27. The second-order valence-electron chi connectivity index (χ2n) is 10.5. The highest BCUT2D eigenvalue weighted by molar-refractivity contribution is 6.13. The summed E-state index contributed by atoms with van der Waals surface area (Å²) in [5.74, 6) is 1.21. The van der Waals surface area contributed by atoms with Gasteiger partial charge in [0.05, 0.1) is 19.2 Å². The van der Waals surface area contributed by atoms with Gasteiger partial charge in [-0.2, -0.15) is 0 Å². The van der Waals surface area contributed by atoms with Crippen molar-refractivity contribution >= 4 is 17.3 Å². The Labute approximate surface area is 231 Å². The van der Waals surface area contributed by atoms with Crippen molar-refractivity contribution in [3.05, 3.63) is 107 Å². The molecule has 0 saturated heterocycles. The van der Waals surface area contributed by atoms with Crippen LogP contribution in [0.1, 0.15) is 72.3 Å². The summed E-state index contributed by atoms with van der Waals surface area (Å²) in [7, 11) is 1.40. The molecule has 0 aliphatic carbocycles. The summed E-state index contributed by atoms with van der Waals surface area (Å²) in [6.45, 7) is 5.15. The van der Waals surface area contributed by atoms with Gasteiger partial charge in [-0.15, -0.1) is 0 Å². The molecule has 0 fully saturated rings. The van der Waals surface area contributed by atoms with Gasteiger partial charge in [-0.25, -0.2) is 0 Å². The molecule has 5 heteroatoms. The molecule has 0 bridgehead atoms. The zero-order valence-electron chi connectivity index (χ0n) is 23.3. The number of hydrogen-bond acceptors (Lipinski definition) is 4. The number of aryl methyl sites for hydroxylation is 2. The minimum atomic E-state index is -0.221. The van der Waals surface area contributed by atoms with E-state index in [1.54, 1.807) is 0 Å². The van der Waals surface area contributed by atoms with Crippen LogP contribution in [0, 0.1) is 5.92 Å². The number of rotatable bonds is 14. The van der Waals surface area contributed by atoms with Crippen LogP contribution in [0.2, 0.25) is 0 Å². The van der Waals surface area contributed by atoms with E-state index in [-0.39, 0.29) is 11.8 Å². The number of esters is 1. The molecule has 2 aromatic carbocycles. The minimum Gasteiger partial charge on any atom is -0.494 e. The van der Waals surface area contributed by atoms with Crippen LogP contribution in [0.4, 0.5) is 0 Å². The van der Waals surface area contributed by atoms with Crippen LogP contribution in [0.15, 0.2) is 79.0 Å². The molecule has 0 aliphatic heterocycles. The molecule has 0 amide bonds. The number of benzene rings is 2. The van der Waals surface area contributed by atoms with Crippen molar-refractivity contribution in [1.82, 2.24) is 4.40 Å². The lowest BCUT2D eigenvalue weighted by molar-refractivity contribution is -0.140. The molecule has 39 heavy (non-hydrogen) atoms. The maximum atomic E-state index is 13.4. The average molecular weight is 526 g/mol. The van der Waals surface area contributed by atoms with E-state index in [1.165, 1.54) is 18.2 Å². The van der Waals surface area contributed by atoms with Crippen LogP contribution in [0.5, 0.6) is 5.75 Å². The maximum Gasteiger partial charge on any atom is 0.305 e. The van der Waals surface area contributed by atoms with Gasteiger partial charge < -0.3 is 13.9 Å². The smallest absolute Gasteiger partial charge is 0.305 e. The number of hydrogen-bond donors (Lipinski definition) is 0. The Kier molecular flexibility index (Phi) is 9.96. The summed E-state index contributed by atoms with van der Waals surface area (Å²) in [5, 5.41) is 0. The third kappa shape index (κ3) is 7.82. The number of aromatic nitrogens is 1. The summed E-state index contributed by atoms with van der Waals surface area (Å²) in [6.07, 6.45) is 7.88. The van der Waals surface area contributed by atoms with Crippen LogP contribution >= 0.6 is 0 Å². The first-order chi connectivity index (χ1) is 18.9. The number of carbonyl (C=O) groups excluding carboxylic acids is 2. The molecule has 2 aromatic heterocycles. The van der Waals surface area contributed by atoms with Crippen molar-refractivity contribution in [3.8, 4) is 5.75 Å². The summed E-state index contributed by atoms with van der Waals surface area (Å²) < 4.78 is 12.7. The Morgan fingerprint density at radius 1 is 0.846 bits per heavy atom. The van der Waals surface area contributed by atoms with E-state index in [4.69, 9.17) is 9.47 Å². The zero-order chi connectivity index (χ0) is 27.6. The Morgan fingerprint density at radius 3 is 2.31 bits per heavy atom. The van der Waals surface area contributed by atoms with Crippen molar-refractivity contribution in [3.63, 3.8) is 0 Å². The second-order valence-corrected chi connectivity index (χ2v) is 10.5. The van der Waals surface area contributed by atoms with E-state index in [2.05, 4.69) is 38.1 Å². The van der Waals surface area contributed by atoms with E-state index in [0.717, 1.165) is 42.6 Å². The summed E-state index contributed by atoms with van der Waals surface area (Å²) >= 11 is 0. The molecule has 0 spiro atoms. The number of fused-ring (bicyclic) bond motifs is 1. The van der Waals surface area contributed by atoms with Gasteiger partial charge in [0.2, 0.25) is 0 Å². The van der Waals surface area contributed by atoms with Crippen LogP contribution in [0.25, 0.3) is 5.52 Å². The molecule has 5 nitrogen and oxygen atoms in total. The molecule has 0 N–H and O–H groups in total. The highest BCUT2D eigenvalue weighted by atomic mass is 16.5. The first kappa shape index (κ1) is 28.2. The lowest BCUT2D eigenvalue weighted by Gasteiger charge is -2.08. The number of nitrogens with zero attached hydrogens (tertiary/aromatic N) is 1. The van der Waals surface area contributed by atoms with E-state index in [9.17, 15) is 9.59 Å². The standard InChI is InChI=1S/C34H39NO4/c1-25(2)23-27-15-13-26(14-16-27)9-5-7-22-39-30-19-17-28(18-20-30)34(37)31-24-29(10-8-12-33(36)38-3)35-21-6-4-11-32(31)35/h4,6,11,13-21,24-25H,5,7-10,12,22-23H2,1-3H3. The molecule has 0 radical (unpaired) electrons. The fourth-order valence-corrected chi connectivity index (χ4v) is 4.91. The number of unbranched alkanes of at least 4 members (excludes halogenated alkanes) is 1.